The summed E-state index contributed by atoms with van der Waals surface area (Å²) < 4.78 is 5.36. The van der Waals surface area contributed by atoms with Gasteiger partial charge in [-0.25, -0.2) is 9.97 Å². The number of carbonyl (C=O) groups excluding carboxylic acids is 2. The molecule has 2 amide bonds. The van der Waals surface area contributed by atoms with Crippen molar-refractivity contribution >= 4 is 17.6 Å². The minimum absolute atomic E-state index is 0.0392. The van der Waals surface area contributed by atoms with Gasteiger partial charge in [0.25, 0.3) is 5.91 Å². The Bertz CT molecular complexity index is 939. The molecule has 0 spiro atoms. The van der Waals surface area contributed by atoms with Gasteiger partial charge in [-0.2, -0.15) is 0 Å². The number of piperidine rings is 1. The first-order valence-electron chi connectivity index (χ1n) is 10.5. The Kier molecular flexibility index (Phi) is 5.69. The number of carbonyl (C=O) groups is 2. The number of aromatic nitrogens is 3. The molecule has 2 aromatic heterocycles. The molecule has 1 saturated carbocycles. The lowest BCUT2D eigenvalue weighted by Crippen LogP contribution is -2.39. The van der Waals surface area contributed by atoms with E-state index < -0.39 is 0 Å². The molecule has 0 bridgehead atoms. The molecule has 1 atom stereocenters. The lowest BCUT2D eigenvalue weighted by molar-refractivity contribution is -0.128. The molecule has 1 saturated heterocycles. The average molecular weight is 412 g/mol. The van der Waals surface area contributed by atoms with Crippen LogP contribution in [-0.2, 0) is 11.3 Å². The maximum absolute atomic E-state index is 13.0. The summed E-state index contributed by atoms with van der Waals surface area (Å²) in [6.45, 7) is 3.14. The second kappa shape index (κ2) is 8.41. The fourth-order valence-corrected chi connectivity index (χ4v) is 3.76. The van der Waals surface area contributed by atoms with Gasteiger partial charge in [-0.15, -0.1) is 0 Å². The first-order valence-corrected chi connectivity index (χ1v) is 10.5. The van der Waals surface area contributed by atoms with Crippen LogP contribution in [0.1, 0.15) is 72.2 Å². The highest BCUT2D eigenvalue weighted by Gasteiger charge is 2.32. The maximum atomic E-state index is 13.0. The number of hydrogen-bond acceptors (Lipinski definition) is 7. The van der Waals surface area contributed by atoms with Gasteiger partial charge in [0.15, 0.2) is 5.69 Å². The number of amides is 2. The average Bonchev–Trinajstić information content (AvgIpc) is 3.49. The van der Waals surface area contributed by atoms with Crippen molar-refractivity contribution in [3.8, 4) is 0 Å². The van der Waals surface area contributed by atoms with Crippen LogP contribution < -0.4 is 5.32 Å². The fourth-order valence-electron chi connectivity index (χ4n) is 3.76. The minimum Gasteiger partial charge on any atom is -0.373 e. The first-order chi connectivity index (χ1) is 14.4. The van der Waals surface area contributed by atoms with Crippen LogP contribution >= 0.6 is 0 Å². The topological polar surface area (TPSA) is 104 Å². The third kappa shape index (κ3) is 4.44. The molecule has 1 N–H and O–H groups in total. The second-order valence-electron chi connectivity index (χ2n) is 8.20. The molecular formula is C21H28N6O3. The summed E-state index contributed by atoms with van der Waals surface area (Å²) in [6, 6.07) is 3.72. The van der Waals surface area contributed by atoms with Crippen LogP contribution in [0.4, 0.5) is 5.82 Å². The quantitative estimate of drug-likeness (QED) is 0.777. The van der Waals surface area contributed by atoms with Gasteiger partial charge in [-0.05, 0) is 25.7 Å². The van der Waals surface area contributed by atoms with E-state index in [1.54, 1.807) is 18.0 Å². The van der Waals surface area contributed by atoms with Crippen LogP contribution in [0.2, 0.25) is 0 Å². The number of likely N-dealkylation sites (tertiary alicyclic amines) is 1. The number of nitrogens with zero attached hydrogens (tertiary/aromatic N) is 5. The summed E-state index contributed by atoms with van der Waals surface area (Å²) in [6.07, 6.45) is 4.05. The summed E-state index contributed by atoms with van der Waals surface area (Å²) in [5.41, 5.74) is 1.28. The number of anilines is 1. The Morgan fingerprint density at radius 2 is 2.03 bits per heavy atom. The normalized spacial score (nSPS) is 18.9. The highest BCUT2D eigenvalue weighted by Crippen LogP contribution is 2.40. The van der Waals surface area contributed by atoms with Crippen molar-refractivity contribution in [1.82, 2.24) is 24.9 Å². The Labute approximate surface area is 175 Å². The Morgan fingerprint density at radius 1 is 1.23 bits per heavy atom. The van der Waals surface area contributed by atoms with Gasteiger partial charge >= 0.3 is 0 Å². The number of nitrogens with one attached hydrogen (secondary N) is 1. The molecule has 160 valence electrons. The molecule has 2 aliphatic rings. The molecule has 1 aliphatic carbocycles. The van der Waals surface area contributed by atoms with E-state index in [2.05, 4.69) is 15.5 Å². The smallest absolute Gasteiger partial charge is 0.276 e. The molecule has 9 nitrogen and oxygen atoms in total. The number of hydrogen-bond donors (Lipinski definition) is 1. The van der Waals surface area contributed by atoms with Gasteiger partial charge in [0, 0.05) is 58.1 Å². The summed E-state index contributed by atoms with van der Waals surface area (Å²) in [4.78, 5) is 37.2. The van der Waals surface area contributed by atoms with Crippen LogP contribution in [0.25, 0.3) is 0 Å². The summed E-state index contributed by atoms with van der Waals surface area (Å²) in [5.74, 6) is 2.53. The Morgan fingerprint density at radius 3 is 2.73 bits per heavy atom. The van der Waals surface area contributed by atoms with Crippen molar-refractivity contribution in [3.63, 3.8) is 0 Å². The zero-order valence-corrected chi connectivity index (χ0v) is 17.7. The highest BCUT2D eigenvalue weighted by molar-refractivity contribution is 5.92. The Hall–Kier alpha value is -2.97. The van der Waals surface area contributed by atoms with Gasteiger partial charge in [0.2, 0.25) is 5.91 Å². The molecule has 4 rings (SSSR count). The van der Waals surface area contributed by atoms with E-state index in [-0.39, 0.29) is 17.7 Å². The zero-order chi connectivity index (χ0) is 21.3. The van der Waals surface area contributed by atoms with Crippen LogP contribution in [0.15, 0.2) is 16.7 Å². The maximum Gasteiger partial charge on any atom is 0.276 e. The van der Waals surface area contributed by atoms with Crippen molar-refractivity contribution in [1.29, 1.82) is 0 Å². The fraction of sp³-hybridized carbons (Fsp3) is 0.571. The third-order valence-corrected chi connectivity index (χ3v) is 5.82. The molecule has 30 heavy (non-hydrogen) atoms. The van der Waals surface area contributed by atoms with E-state index in [1.807, 2.05) is 18.0 Å². The molecule has 0 unspecified atom stereocenters. The largest absolute Gasteiger partial charge is 0.373 e. The molecule has 0 aromatic carbocycles. The van der Waals surface area contributed by atoms with Crippen molar-refractivity contribution in [2.24, 2.45) is 0 Å². The molecule has 1 aliphatic heterocycles. The second-order valence-corrected chi connectivity index (χ2v) is 8.20. The molecular weight excluding hydrogens is 384 g/mol. The van der Waals surface area contributed by atoms with E-state index in [1.165, 1.54) is 6.92 Å². The van der Waals surface area contributed by atoms with Crippen LogP contribution in [-0.4, -0.2) is 63.9 Å². The molecule has 2 aromatic rings. The summed E-state index contributed by atoms with van der Waals surface area (Å²) >= 11 is 0. The first kappa shape index (κ1) is 20.3. The molecule has 0 radical (unpaired) electrons. The Balaban J connectivity index is 1.50. The van der Waals surface area contributed by atoms with Crippen LogP contribution in [0, 0.1) is 0 Å². The summed E-state index contributed by atoms with van der Waals surface area (Å²) in [5, 5.41) is 7.07. The van der Waals surface area contributed by atoms with Crippen molar-refractivity contribution in [3.05, 3.63) is 35.1 Å². The highest BCUT2D eigenvalue weighted by atomic mass is 16.5. The van der Waals surface area contributed by atoms with E-state index in [4.69, 9.17) is 9.51 Å². The monoisotopic (exact) mass is 412 g/mol. The minimum atomic E-state index is -0.0882. The van der Waals surface area contributed by atoms with Crippen LogP contribution in [0.5, 0.6) is 0 Å². The zero-order valence-electron chi connectivity index (χ0n) is 17.7. The van der Waals surface area contributed by atoms with Gasteiger partial charge in [-0.1, -0.05) is 5.16 Å². The van der Waals surface area contributed by atoms with Crippen molar-refractivity contribution in [2.45, 2.75) is 51.0 Å². The van der Waals surface area contributed by atoms with Crippen molar-refractivity contribution < 1.29 is 14.1 Å². The van der Waals surface area contributed by atoms with E-state index in [0.717, 1.165) is 37.1 Å². The van der Waals surface area contributed by atoms with Crippen molar-refractivity contribution in [2.75, 3.05) is 32.5 Å². The SMILES string of the molecule is CNc1cc([C@H]2CCCN(C(=O)c3cc(C4CC4)on3)C2)nc(CN(C)C(C)=O)n1. The van der Waals surface area contributed by atoms with Gasteiger partial charge in [0.05, 0.1) is 12.2 Å². The number of rotatable bonds is 6. The summed E-state index contributed by atoms with van der Waals surface area (Å²) in [7, 11) is 3.54. The lowest BCUT2D eigenvalue weighted by atomic mass is 9.94. The molecule has 9 heteroatoms. The van der Waals surface area contributed by atoms with E-state index in [9.17, 15) is 9.59 Å². The predicted octanol–water partition coefficient (Wildman–Crippen LogP) is 2.38. The molecule has 2 fully saturated rings. The predicted molar refractivity (Wildman–Crippen MR) is 110 cm³/mol. The third-order valence-electron chi connectivity index (χ3n) is 5.82. The van der Waals surface area contributed by atoms with Gasteiger partial charge < -0.3 is 19.6 Å². The van der Waals surface area contributed by atoms with Gasteiger partial charge in [-0.3, -0.25) is 9.59 Å². The molecule has 3 heterocycles. The van der Waals surface area contributed by atoms with Crippen LogP contribution in [0.3, 0.4) is 0 Å². The van der Waals surface area contributed by atoms with Gasteiger partial charge in [0.1, 0.15) is 17.4 Å². The lowest BCUT2D eigenvalue weighted by Gasteiger charge is -2.32. The van der Waals surface area contributed by atoms with E-state index in [0.29, 0.717) is 42.9 Å². The van der Waals surface area contributed by atoms with E-state index >= 15 is 0 Å². The standard InChI is InChI=1S/C21H28N6O3/c1-13(28)26(3)12-20-23-16(10-19(22-2)24-20)15-5-4-8-27(11-15)21(29)17-9-18(30-25-17)14-6-7-14/h9-10,14-15H,4-8,11-12H2,1-3H3,(H,22,23,24)/t15-/m0/s1.